The number of unbranched alkanes of at least 4 members (excludes halogenated alkanes) is 4. The number of ether oxygens (including phenoxy) is 3. The van der Waals surface area contributed by atoms with Gasteiger partial charge in [-0.2, -0.15) is 0 Å². The molecule has 0 bridgehead atoms. The molecular formula is C31H44O3. The Balaban J connectivity index is 1.38. The number of rotatable bonds is 15. The molecule has 0 saturated carbocycles. The Bertz CT molecular complexity index is 804. The molecule has 3 nitrogen and oxygen atoms in total. The van der Waals surface area contributed by atoms with Gasteiger partial charge in [0.15, 0.2) is 6.29 Å². The lowest BCUT2D eigenvalue weighted by molar-refractivity contribution is -0.206. The Hall–Kier alpha value is -2.10. The molecule has 186 valence electrons. The van der Waals surface area contributed by atoms with Gasteiger partial charge in [0.1, 0.15) is 5.75 Å². The second kappa shape index (κ2) is 15.0. The maximum Gasteiger partial charge on any atom is 0.183 e. The van der Waals surface area contributed by atoms with E-state index in [2.05, 4.69) is 69.0 Å². The molecule has 0 unspecified atom stereocenters. The first-order valence-corrected chi connectivity index (χ1v) is 13.4. The summed E-state index contributed by atoms with van der Waals surface area (Å²) in [6.07, 6.45) is 12.7. The quantitative estimate of drug-likeness (QED) is 0.195. The predicted molar refractivity (Wildman–Crippen MR) is 142 cm³/mol. The van der Waals surface area contributed by atoms with E-state index < -0.39 is 0 Å². The zero-order chi connectivity index (χ0) is 24.0. The normalized spacial score (nSPS) is 19.0. The summed E-state index contributed by atoms with van der Waals surface area (Å²) in [5.41, 5.74) is 3.47. The van der Waals surface area contributed by atoms with Crippen molar-refractivity contribution in [3.63, 3.8) is 0 Å². The van der Waals surface area contributed by atoms with Gasteiger partial charge in [0.05, 0.1) is 19.8 Å². The molecule has 1 saturated heterocycles. The van der Waals surface area contributed by atoms with Crippen molar-refractivity contribution in [2.75, 3.05) is 19.8 Å². The van der Waals surface area contributed by atoms with Crippen LogP contribution in [0.2, 0.25) is 0 Å². The van der Waals surface area contributed by atoms with Gasteiger partial charge < -0.3 is 14.2 Å². The van der Waals surface area contributed by atoms with Gasteiger partial charge >= 0.3 is 0 Å². The van der Waals surface area contributed by atoms with Crippen molar-refractivity contribution in [3.8, 4) is 16.9 Å². The molecule has 1 heterocycles. The van der Waals surface area contributed by atoms with E-state index in [1.807, 2.05) is 6.08 Å². The highest BCUT2D eigenvalue weighted by molar-refractivity contribution is 5.64. The van der Waals surface area contributed by atoms with Crippen LogP contribution in [0.15, 0.2) is 61.2 Å². The van der Waals surface area contributed by atoms with Crippen molar-refractivity contribution in [1.82, 2.24) is 0 Å². The Labute approximate surface area is 207 Å². The van der Waals surface area contributed by atoms with Crippen LogP contribution in [0.5, 0.6) is 5.75 Å². The van der Waals surface area contributed by atoms with E-state index >= 15 is 0 Å². The molecule has 3 heteroatoms. The molecule has 0 aliphatic carbocycles. The average molecular weight is 465 g/mol. The third-order valence-corrected chi connectivity index (χ3v) is 6.91. The van der Waals surface area contributed by atoms with Crippen LogP contribution < -0.4 is 4.74 Å². The minimum Gasteiger partial charge on any atom is -0.494 e. The summed E-state index contributed by atoms with van der Waals surface area (Å²) in [6.45, 7) is 10.8. The van der Waals surface area contributed by atoms with E-state index in [0.717, 1.165) is 56.3 Å². The second-order valence-corrected chi connectivity index (χ2v) is 9.80. The van der Waals surface area contributed by atoms with E-state index in [1.165, 1.54) is 49.7 Å². The first-order chi connectivity index (χ1) is 16.7. The number of benzene rings is 2. The lowest BCUT2D eigenvalue weighted by Crippen LogP contribution is -2.27. The third kappa shape index (κ3) is 8.92. The summed E-state index contributed by atoms with van der Waals surface area (Å²) < 4.78 is 18.0. The van der Waals surface area contributed by atoms with Crippen molar-refractivity contribution < 1.29 is 14.2 Å². The van der Waals surface area contributed by atoms with Crippen LogP contribution in [0, 0.1) is 11.8 Å². The fourth-order valence-corrected chi connectivity index (χ4v) is 4.37. The smallest absolute Gasteiger partial charge is 0.183 e. The van der Waals surface area contributed by atoms with Gasteiger partial charge in [0, 0.05) is 11.5 Å². The lowest BCUT2D eigenvalue weighted by Gasteiger charge is -2.29. The van der Waals surface area contributed by atoms with E-state index in [0.29, 0.717) is 5.92 Å². The maximum absolute atomic E-state index is 6.02. The molecule has 34 heavy (non-hydrogen) atoms. The Morgan fingerprint density at radius 2 is 1.59 bits per heavy atom. The molecule has 3 rings (SSSR count). The summed E-state index contributed by atoms with van der Waals surface area (Å²) in [5.74, 6) is 2.30. The van der Waals surface area contributed by atoms with Gasteiger partial charge in [0.25, 0.3) is 0 Å². The number of hydrogen-bond acceptors (Lipinski definition) is 3. The van der Waals surface area contributed by atoms with Crippen LogP contribution >= 0.6 is 0 Å². The molecule has 1 aliphatic heterocycles. The van der Waals surface area contributed by atoms with Crippen LogP contribution in [0.3, 0.4) is 0 Å². The molecule has 2 aromatic rings. The minimum absolute atomic E-state index is 0.251. The number of allylic oxidation sites excluding steroid dienone is 1. The van der Waals surface area contributed by atoms with Crippen LogP contribution in [0.1, 0.15) is 83.5 Å². The molecule has 1 aliphatic rings. The SMILES string of the molecule is C=CCCCCC1COC(c2ccc(-c3ccc(OCCCCC[C@@H](C)CC)cc3)cc2)OC1. The fraction of sp³-hybridized carbons (Fsp3) is 0.548. The summed E-state index contributed by atoms with van der Waals surface area (Å²) in [6, 6.07) is 17.0. The van der Waals surface area contributed by atoms with Gasteiger partial charge in [-0.1, -0.05) is 88.4 Å². The first-order valence-electron chi connectivity index (χ1n) is 13.4. The zero-order valence-corrected chi connectivity index (χ0v) is 21.3. The minimum atomic E-state index is -0.251. The Morgan fingerprint density at radius 1 is 0.912 bits per heavy atom. The molecule has 0 radical (unpaired) electrons. The van der Waals surface area contributed by atoms with Crippen molar-refractivity contribution >= 4 is 0 Å². The molecule has 1 atom stereocenters. The van der Waals surface area contributed by atoms with Gasteiger partial charge in [0.2, 0.25) is 0 Å². The van der Waals surface area contributed by atoms with Crippen LogP contribution in [0.4, 0.5) is 0 Å². The van der Waals surface area contributed by atoms with Crippen LogP contribution in [0.25, 0.3) is 11.1 Å². The summed E-state index contributed by atoms with van der Waals surface area (Å²) in [5, 5.41) is 0. The highest BCUT2D eigenvalue weighted by Gasteiger charge is 2.23. The Morgan fingerprint density at radius 3 is 2.24 bits per heavy atom. The predicted octanol–water partition coefficient (Wildman–Crippen LogP) is 8.75. The molecule has 0 N–H and O–H groups in total. The van der Waals surface area contributed by atoms with Crippen molar-refractivity contribution in [2.24, 2.45) is 11.8 Å². The summed E-state index contributed by atoms with van der Waals surface area (Å²) >= 11 is 0. The molecule has 1 fully saturated rings. The molecule has 2 aromatic carbocycles. The van der Waals surface area contributed by atoms with E-state index in [4.69, 9.17) is 14.2 Å². The number of hydrogen-bond donors (Lipinski definition) is 0. The average Bonchev–Trinajstić information content (AvgIpc) is 2.89. The zero-order valence-electron chi connectivity index (χ0n) is 21.3. The van der Waals surface area contributed by atoms with Gasteiger partial charge in [-0.3, -0.25) is 0 Å². The second-order valence-electron chi connectivity index (χ2n) is 9.80. The highest BCUT2D eigenvalue weighted by Crippen LogP contribution is 2.30. The van der Waals surface area contributed by atoms with E-state index in [9.17, 15) is 0 Å². The van der Waals surface area contributed by atoms with Crippen LogP contribution in [-0.4, -0.2) is 19.8 Å². The molecule has 0 aromatic heterocycles. The van der Waals surface area contributed by atoms with Crippen LogP contribution in [-0.2, 0) is 9.47 Å². The molecular weight excluding hydrogens is 420 g/mol. The van der Waals surface area contributed by atoms with Crippen molar-refractivity contribution in [1.29, 1.82) is 0 Å². The fourth-order valence-electron chi connectivity index (χ4n) is 4.37. The standard InChI is InChI=1S/C31H44O3/c1-4-6-7-10-13-26-23-33-31(34-24-26)29-16-14-27(15-17-29)28-18-20-30(21-19-28)32-22-11-8-9-12-25(3)5-2/h4,14-21,25-26,31H,1,5-13,22-24H2,2-3H3/t25-,26?,31?/m0/s1. The monoisotopic (exact) mass is 464 g/mol. The first kappa shape index (κ1) is 26.5. The van der Waals surface area contributed by atoms with E-state index in [1.54, 1.807) is 0 Å². The van der Waals surface area contributed by atoms with E-state index in [-0.39, 0.29) is 6.29 Å². The topological polar surface area (TPSA) is 27.7 Å². The maximum atomic E-state index is 6.02. The highest BCUT2D eigenvalue weighted by atomic mass is 16.7. The van der Waals surface area contributed by atoms with Gasteiger partial charge in [-0.25, -0.2) is 0 Å². The van der Waals surface area contributed by atoms with Crippen molar-refractivity contribution in [2.45, 2.75) is 77.9 Å². The molecule has 0 spiro atoms. The third-order valence-electron chi connectivity index (χ3n) is 6.91. The Kier molecular flexibility index (Phi) is 11.7. The van der Waals surface area contributed by atoms with Crippen molar-refractivity contribution in [3.05, 3.63) is 66.7 Å². The van der Waals surface area contributed by atoms with Gasteiger partial charge in [-0.05, 0) is 54.9 Å². The van der Waals surface area contributed by atoms with Gasteiger partial charge in [-0.15, -0.1) is 6.58 Å². The summed E-state index contributed by atoms with van der Waals surface area (Å²) in [7, 11) is 0. The molecule has 0 amide bonds. The lowest BCUT2D eigenvalue weighted by atomic mass is 10.0. The summed E-state index contributed by atoms with van der Waals surface area (Å²) in [4.78, 5) is 0. The largest absolute Gasteiger partial charge is 0.494 e.